The Morgan fingerprint density at radius 3 is 2.41 bits per heavy atom. The highest BCUT2D eigenvalue weighted by Crippen LogP contribution is 2.20. The lowest BCUT2D eigenvalue weighted by molar-refractivity contribution is 0.183. The molecule has 0 N–H and O–H groups in total. The van der Waals surface area contributed by atoms with Crippen molar-refractivity contribution in [3.8, 4) is 0 Å². The maximum atomic E-state index is 14.0. The van der Waals surface area contributed by atoms with Crippen LogP contribution in [0.5, 0.6) is 0 Å². The van der Waals surface area contributed by atoms with Crippen molar-refractivity contribution in [1.29, 1.82) is 0 Å². The van der Waals surface area contributed by atoms with E-state index in [0.717, 1.165) is 6.07 Å². The van der Waals surface area contributed by atoms with Crippen LogP contribution in [-0.2, 0) is 30.7 Å². The second kappa shape index (κ2) is 8.60. The Morgan fingerprint density at radius 2 is 1.72 bits per heavy atom. The van der Waals surface area contributed by atoms with E-state index in [0.29, 0.717) is 37.2 Å². The molecule has 1 fully saturated rings. The second-order valence-corrected chi connectivity index (χ2v) is 9.76. The molecule has 2 aromatic heterocycles. The summed E-state index contributed by atoms with van der Waals surface area (Å²) in [5.74, 6) is -0.757. The van der Waals surface area contributed by atoms with Gasteiger partial charge in [-0.25, -0.2) is 22.6 Å². The van der Waals surface area contributed by atoms with E-state index in [-0.39, 0.29) is 30.1 Å². The molecule has 1 aliphatic rings. The van der Waals surface area contributed by atoms with Crippen LogP contribution in [-0.4, -0.2) is 69.0 Å². The maximum absolute atomic E-state index is 14.0. The molecule has 32 heavy (non-hydrogen) atoms. The highest BCUT2D eigenvalue weighted by atomic mass is 32.2. The van der Waals surface area contributed by atoms with Crippen LogP contribution in [0.4, 0.5) is 4.39 Å². The van der Waals surface area contributed by atoms with E-state index in [1.54, 1.807) is 18.7 Å². The number of hydrogen-bond acceptors (Lipinski definition) is 6. The highest BCUT2D eigenvalue weighted by Gasteiger charge is 2.30. The molecule has 12 heteroatoms. The zero-order valence-electron chi connectivity index (χ0n) is 17.9. The van der Waals surface area contributed by atoms with E-state index in [1.165, 1.54) is 38.0 Å². The average Bonchev–Trinajstić information content (AvgIpc) is 3.17. The van der Waals surface area contributed by atoms with Crippen molar-refractivity contribution in [1.82, 2.24) is 27.9 Å². The van der Waals surface area contributed by atoms with Crippen LogP contribution < -0.4 is 11.2 Å². The van der Waals surface area contributed by atoms with Gasteiger partial charge >= 0.3 is 5.69 Å². The van der Waals surface area contributed by atoms with Gasteiger partial charge in [-0.1, -0.05) is 12.1 Å². The van der Waals surface area contributed by atoms with Crippen LogP contribution >= 0.6 is 0 Å². The Kier molecular flexibility index (Phi) is 6.01. The first-order valence-electron chi connectivity index (χ1n) is 10.3. The van der Waals surface area contributed by atoms with Gasteiger partial charge in [-0.15, -0.1) is 0 Å². The van der Waals surface area contributed by atoms with Gasteiger partial charge in [0, 0.05) is 46.8 Å². The number of sulfonamides is 1. The molecule has 0 spiro atoms. The zero-order valence-corrected chi connectivity index (χ0v) is 18.8. The van der Waals surface area contributed by atoms with Gasteiger partial charge in [0.2, 0.25) is 10.0 Å². The van der Waals surface area contributed by atoms with Crippen molar-refractivity contribution >= 4 is 21.2 Å². The molecule has 0 aliphatic carbocycles. The third kappa shape index (κ3) is 3.89. The minimum atomic E-state index is -3.88. The summed E-state index contributed by atoms with van der Waals surface area (Å²) in [5.41, 5.74) is -0.0594. The van der Waals surface area contributed by atoms with Crippen LogP contribution in [0.15, 0.2) is 45.1 Å². The summed E-state index contributed by atoms with van der Waals surface area (Å²) < 4.78 is 44.9. The number of fused-ring (bicyclic) bond motifs is 1. The van der Waals surface area contributed by atoms with Gasteiger partial charge in [-0.05, 0) is 25.1 Å². The number of rotatable bonds is 6. The van der Waals surface area contributed by atoms with Crippen LogP contribution in [0.1, 0.15) is 6.42 Å². The Morgan fingerprint density at radius 1 is 1.03 bits per heavy atom. The Hall–Kier alpha value is -2.83. The molecule has 3 aromatic rings. The molecule has 3 heterocycles. The fraction of sp³-hybridized carbons (Fsp3) is 0.450. The first-order chi connectivity index (χ1) is 15.2. The molecule has 172 valence electrons. The van der Waals surface area contributed by atoms with Crippen molar-refractivity contribution in [3.05, 3.63) is 57.2 Å². The number of nitrogens with zero attached hydrogens (tertiary/aromatic N) is 6. The molecule has 0 amide bonds. The van der Waals surface area contributed by atoms with Crippen LogP contribution in [0.2, 0.25) is 0 Å². The van der Waals surface area contributed by atoms with E-state index in [4.69, 9.17) is 0 Å². The van der Waals surface area contributed by atoms with Crippen LogP contribution in [0.3, 0.4) is 0 Å². The molecule has 1 saturated heterocycles. The highest BCUT2D eigenvalue weighted by molar-refractivity contribution is 7.89. The molecule has 0 saturated carbocycles. The number of benzene rings is 1. The Balaban J connectivity index is 1.38. The summed E-state index contributed by atoms with van der Waals surface area (Å²) in [5, 5.41) is 0. The first-order valence-corrected chi connectivity index (χ1v) is 11.7. The molecule has 0 radical (unpaired) electrons. The molecule has 1 aliphatic heterocycles. The van der Waals surface area contributed by atoms with Gasteiger partial charge in [0.25, 0.3) is 5.56 Å². The van der Waals surface area contributed by atoms with Crippen LogP contribution in [0, 0.1) is 5.82 Å². The van der Waals surface area contributed by atoms with Gasteiger partial charge in [-0.3, -0.25) is 13.9 Å². The number of halogens is 1. The van der Waals surface area contributed by atoms with E-state index >= 15 is 0 Å². The summed E-state index contributed by atoms with van der Waals surface area (Å²) in [6.07, 6.45) is 2.06. The van der Waals surface area contributed by atoms with E-state index in [1.807, 2.05) is 0 Å². The van der Waals surface area contributed by atoms with Gasteiger partial charge in [-0.2, -0.15) is 4.31 Å². The Labute approximate surface area is 184 Å². The monoisotopic (exact) mass is 464 g/mol. The quantitative estimate of drug-likeness (QED) is 0.508. The third-order valence-electron chi connectivity index (χ3n) is 5.84. The van der Waals surface area contributed by atoms with Gasteiger partial charge in [0.05, 0.1) is 6.33 Å². The number of aryl methyl sites for hydroxylation is 2. The SMILES string of the molecule is Cn1cnc2c1c(=O)n(CCCN1CCN(S(=O)(=O)c3ccccc3F)CC1)c(=O)n2C. The number of imidazole rings is 1. The van der Waals surface area contributed by atoms with Crippen molar-refractivity contribution in [2.75, 3.05) is 32.7 Å². The number of hydrogen-bond donors (Lipinski definition) is 0. The normalized spacial score (nSPS) is 16.1. The standard InChI is InChI=1S/C20H25FN6O4S/c1-23-14-22-18-17(23)19(28)27(20(29)24(18)2)9-5-8-25-10-12-26(13-11-25)32(30,31)16-7-4-3-6-15(16)21/h3-4,6-7,14H,5,8-13H2,1-2H3. The van der Waals surface area contributed by atoms with Crippen molar-refractivity contribution < 1.29 is 12.8 Å². The number of piperazine rings is 1. The molecule has 1 aromatic carbocycles. The summed E-state index contributed by atoms with van der Waals surface area (Å²) in [6, 6.07) is 5.37. The summed E-state index contributed by atoms with van der Waals surface area (Å²) in [7, 11) is -0.586. The second-order valence-electron chi connectivity index (χ2n) is 7.86. The fourth-order valence-electron chi connectivity index (χ4n) is 4.03. The molecule has 0 bridgehead atoms. The largest absolute Gasteiger partial charge is 0.332 e. The third-order valence-corrected chi connectivity index (χ3v) is 7.77. The van der Waals surface area contributed by atoms with Gasteiger partial charge in [0.1, 0.15) is 10.7 Å². The summed E-state index contributed by atoms with van der Waals surface area (Å²) >= 11 is 0. The minimum absolute atomic E-state index is 0.249. The van der Waals surface area contributed by atoms with Crippen molar-refractivity contribution in [3.63, 3.8) is 0 Å². The van der Waals surface area contributed by atoms with E-state index < -0.39 is 21.5 Å². The van der Waals surface area contributed by atoms with Gasteiger partial charge < -0.3 is 9.47 Å². The molecular formula is C20H25FN6O4S. The molecule has 0 atom stereocenters. The van der Waals surface area contributed by atoms with E-state index in [9.17, 15) is 22.4 Å². The lowest BCUT2D eigenvalue weighted by Crippen LogP contribution is -2.49. The minimum Gasteiger partial charge on any atom is -0.328 e. The first kappa shape index (κ1) is 22.4. The number of aromatic nitrogens is 4. The maximum Gasteiger partial charge on any atom is 0.332 e. The zero-order chi connectivity index (χ0) is 23.0. The molecule has 10 nitrogen and oxygen atoms in total. The molecule has 4 rings (SSSR count). The van der Waals surface area contributed by atoms with Crippen LogP contribution in [0.25, 0.3) is 11.2 Å². The van der Waals surface area contributed by atoms with Crippen molar-refractivity contribution in [2.24, 2.45) is 14.1 Å². The lowest BCUT2D eigenvalue weighted by Gasteiger charge is -2.34. The topological polar surface area (TPSA) is 102 Å². The lowest BCUT2D eigenvalue weighted by atomic mass is 10.3. The predicted molar refractivity (Wildman–Crippen MR) is 116 cm³/mol. The van der Waals surface area contributed by atoms with Gasteiger partial charge in [0.15, 0.2) is 11.2 Å². The van der Waals surface area contributed by atoms with E-state index in [2.05, 4.69) is 9.88 Å². The summed E-state index contributed by atoms with van der Waals surface area (Å²) in [4.78, 5) is 31.2. The predicted octanol–water partition coefficient (Wildman–Crippen LogP) is -0.0306. The average molecular weight is 465 g/mol. The molecular weight excluding hydrogens is 439 g/mol. The summed E-state index contributed by atoms with van der Waals surface area (Å²) in [6.45, 7) is 2.33. The fourth-order valence-corrected chi connectivity index (χ4v) is 5.52. The molecule has 0 unspecified atom stereocenters. The smallest absolute Gasteiger partial charge is 0.328 e. The van der Waals surface area contributed by atoms with Crippen molar-refractivity contribution in [2.45, 2.75) is 17.9 Å². The Bertz CT molecular complexity index is 1370.